The molecule has 2 amide bonds. The Morgan fingerprint density at radius 3 is 2.57 bits per heavy atom. The number of primary amides is 1. The Morgan fingerprint density at radius 1 is 1.10 bits per heavy atom. The minimum absolute atomic E-state index is 0.125. The summed E-state index contributed by atoms with van der Waals surface area (Å²) in [6.45, 7) is 1.66. The van der Waals surface area contributed by atoms with Crippen molar-refractivity contribution >= 4 is 11.8 Å². The number of methoxy groups -OCH3 is 1. The van der Waals surface area contributed by atoms with Crippen molar-refractivity contribution in [2.75, 3.05) is 33.4 Å². The van der Waals surface area contributed by atoms with Crippen LogP contribution in [0.25, 0.3) is 0 Å². The van der Waals surface area contributed by atoms with E-state index in [0.29, 0.717) is 38.3 Å². The molecule has 1 fully saturated rings. The Kier molecular flexibility index (Phi) is 5.63. The maximum atomic E-state index is 12.7. The van der Waals surface area contributed by atoms with Gasteiger partial charge in [0.15, 0.2) is 6.61 Å². The van der Waals surface area contributed by atoms with Crippen LogP contribution in [0.15, 0.2) is 42.5 Å². The molecule has 7 heteroatoms. The molecular weight excluding hydrogens is 384 g/mol. The van der Waals surface area contributed by atoms with E-state index in [-0.39, 0.29) is 18.1 Å². The highest BCUT2D eigenvalue weighted by molar-refractivity contribution is 5.95. The van der Waals surface area contributed by atoms with Crippen LogP contribution in [0.3, 0.4) is 0 Å². The molecule has 0 bridgehead atoms. The SMILES string of the molecule is COc1cccc2c1C1(CCN(C(=O)COc3ccccc3C(N)=O)CC1)OCC2. The molecule has 2 aliphatic rings. The third-order valence-electron chi connectivity index (χ3n) is 5.97. The molecule has 1 spiro atoms. The fraction of sp³-hybridized carbons (Fsp3) is 0.391. The molecule has 0 saturated carbocycles. The summed E-state index contributed by atoms with van der Waals surface area (Å²) in [7, 11) is 1.68. The summed E-state index contributed by atoms with van der Waals surface area (Å²) in [6.07, 6.45) is 2.26. The smallest absolute Gasteiger partial charge is 0.260 e. The number of piperidine rings is 1. The van der Waals surface area contributed by atoms with Gasteiger partial charge in [-0.2, -0.15) is 0 Å². The van der Waals surface area contributed by atoms with Gasteiger partial charge in [0.1, 0.15) is 17.1 Å². The van der Waals surface area contributed by atoms with E-state index >= 15 is 0 Å². The Hall–Kier alpha value is -3.06. The van der Waals surface area contributed by atoms with Gasteiger partial charge in [-0.3, -0.25) is 9.59 Å². The molecule has 0 aromatic heterocycles. The quantitative estimate of drug-likeness (QED) is 0.817. The monoisotopic (exact) mass is 410 g/mol. The second-order valence-electron chi connectivity index (χ2n) is 7.62. The van der Waals surface area contributed by atoms with Crippen molar-refractivity contribution < 1.29 is 23.8 Å². The van der Waals surface area contributed by atoms with Gasteiger partial charge >= 0.3 is 0 Å². The standard InChI is InChI=1S/C23H26N2O5/c1-28-19-8-4-5-16-9-14-30-23(21(16)19)10-12-25(13-11-23)20(26)15-29-18-7-3-2-6-17(18)22(24)27/h2-8H,9-15H2,1H3,(H2,24,27). The highest BCUT2D eigenvalue weighted by atomic mass is 16.5. The van der Waals surface area contributed by atoms with Crippen LogP contribution in [-0.4, -0.2) is 50.1 Å². The fourth-order valence-electron chi connectivity index (χ4n) is 4.44. The van der Waals surface area contributed by atoms with Gasteiger partial charge in [-0.15, -0.1) is 0 Å². The van der Waals surface area contributed by atoms with E-state index in [9.17, 15) is 9.59 Å². The zero-order valence-electron chi connectivity index (χ0n) is 17.1. The molecule has 2 aromatic carbocycles. The van der Waals surface area contributed by atoms with Crippen molar-refractivity contribution in [3.63, 3.8) is 0 Å². The van der Waals surface area contributed by atoms with E-state index < -0.39 is 11.5 Å². The molecule has 158 valence electrons. The summed E-state index contributed by atoms with van der Waals surface area (Å²) < 4.78 is 17.5. The van der Waals surface area contributed by atoms with Crippen LogP contribution >= 0.6 is 0 Å². The van der Waals surface area contributed by atoms with Crippen LogP contribution in [0, 0.1) is 0 Å². The second kappa shape index (κ2) is 8.36. The Morgan fingerprint density at radius 2 is 1.83 bits per heavy atom. The van der Waals surface area contributed by atoms with Crippen LogP contribution < -0.4 is 15.2 Å². The first-order valence-electron chi connectivity index (χ1n) is 10.1. The molecule has 7 nitrogen and oxygen atoms in total. The first kappa shape index (κ1) is 20.2. The molecule has 2 aliphatic heterocycles. The number of ether oxygens (including phenoxy) is 3. The van der Waals surface area contributed by atoms with Crippen molar-refractivity contribution in [3.8, 4) is 11.5 Å². The van der Waals surface area contributed by atoms with Crippen molar-refractivity contribution in [1.82, 2.24) is 4.90 Å². The first-order valence-corrected chi connectivity index (χ1v) is 10.1. The van der Waals surface area contributed by atoms with E-state index in [2.05, 4.69) is 6.07 Å². The van der Waals surface area contributed by atoms with Gasteiger partial charge in [0.05, 0.1) is 19.3 Å². The van der Waals surface area contributed by atoms with Gasteiger partial charge < -0.3 is 24.8 Å². The van der Waals surface area contributed by atoms with Crippen LogP contribution in [0.2, 0.25) is 0 Å². The number of likely N-dealkylation sites (tertiary alicyclic amines) is 1. The number of rotatable bonds is 5. The lowest BCUT2D eigenvalue weighted by Gasteiger charge is -2.45. The van der Waals surface area contributed by atoms with Crippen LogP contribution in [0.5, 0.6) is 11.5 Å². The molecule has 30 heavy (non-hydrogen) atoms. The molecule has 4 rings (SSSR count). The molecule has 0 radical (unpaired) electrons. The maximum absolute atomic E-state index is 12.7. The van der Waals surface area contributed by atoms with E-state index in [0.717, 1.165) is 17.7 Å². The zero-order chi connectivity index (χ0) is 21.1. The number of hydrogen-bond acceptors (Lipinski definition) is 5. The number of amides is 2. The van der Waals surface area contributed by atoms with E-state index in [4.69, 9.17) is 19.9 Å². The first-order chi connectivity index (χ1) is 14.5. The average molecular weight is 410 g/mol. The molecule has 0 aliphatic carbocycles. The Balaban J connectivity index is 1.43. The largest absolute Gasteiger partial charge is 0.496 e. The van der Waals surface area contributed by atoms with E-state index in [1.54, 1.807) is 36.3 Å². The Bertz CT molecular complexity index is 936. The number of carbonyl (C=O) groups is 2. The van der Waals surface area contributed by atoms with Gasteiger partial charge in [0, 0.05) is 18.7 Å². The zero-order valence-corrected chi connectivity index (χ0v) is 17.1. The fourth-order valence-corrected chi connectivity index (χ4v) is 4.44. The summed E-state index contributed by atoms with van der Waals surface area (Å²) in [5.74, 6) is 0.458. The van der Waals surface area contributed by atoms with Crippen molar-refractivity contribution in [2.45, 2.75) is 24.9 Å². The summed E-state index contributed by atoms with van der Waals surface area (Å²) in [5, 5.41) is 0. The van der Waals surface area contributed by atoms with Crippen molar-refractivity contribution in [1.29, 1.82) is 0 Å². The van der Waals surface area contributed by atoms with Crippen LogP contribution in [-0.2, 0) is 21.6 Å². The second-order valence-corrected chi connectivity index (χ2v) is 7.62. The van der Waals surface area contributed by atoms with Crippen LogP contribution in [0.1, 0.15) is 34.3 Å². The van der Waals surface area contributed by atoms with Gasteiger partial charge in [-0.25, -0.2) is 0 Å². The van der Waals surface area contributed by atoms with Gasteiger partial charge in [0.25, 0.3) is 11.8 Å². The number of nitrogens with zero attached hydrogens (tertiary/aromatic N) is 1. The number of benzene rings is 2. The molecule has 2 aromatic rings. The molecule has 0 unspecified atom stereocenters. The third-order valence-corrected chi connectivity index (χ3v) is 5.97. The van der Waals surface area contributed by atoms with E-state index in [1.165, 1.54) is 5.56 Å². The highest BCUT2D eigenvalue weighted by Gasteiger charge is 2.43. The minimum Gasteiger partial charge on any atom is -0.496 e. The molecule has 1 saturated heterocycles. The van der Waals surface area contributed by atoms with Crippen molar-refractivity contribution in [3.05, 3.63) is 59.2 Å². The summed E-state index contributed by atoms with van der Waals surface area (Å²) in [6, 6.07) is 12.8. The Labute approximate surface area is 175 Å². The number of fused-ring (bicyclic) bond motifs is 2. The minimum atomic E-state index is -0.583. The summed E-state index contributed by atoms with van der Waals surface area (Å²) in [4.78, 5) is 26.0. The lowest BCUT2D eigenvalue weighted by atomic mass is 9.79. The predicted octanol–water partition coefficient (Wildman–Crippen LogP) is 2.26. The topological polar surface area (TPSA) is 91.1 Å². The number of carbonyl (C=O) groups excluding carboxylic acids is 2. The molecule has 0 atom stereocenters. The average Bonchev–Trinajstić information content (AvgIpc) is 2.78. The molecule has 2 heterocycles. The number of para-hydroxylation sites is 1. The van der Waals surface area contributed by atoms with Gasteiger partial charge in [0.2, 0.25) is 0 Å². The lowest BCUT2D eigenvalue weighted by molar-refractivity contribution is -0.142. The number of hydrogen-bond donors (Lipinski definition) is 1. The van der Waals surface area contributed by atoms with E-state index in [1.807, 2.05) is 12.1 Å². The van der Waals surface area contributed by atoms with Crippen molar-refractivity contribution in [2.24, 2.45) is 5.73 Å². The van der Waals surface area contributed by atoms with Gasteiger partial charge in [-0.05, 0) is 43.0 Å². The lowest BCUT2D eigenvalue weighted by Crippen LogP contribution is -2.49. The van der Waals surface area contributed by atoms with Gasteiger partial charge in [-0.1, -0.05) is 24.3 Å². The van der Waals surface area contributed by atoms with Crippen LogP contribution in [0.4, 0.5) is 0 Å². The highest BCUT2D eigenvalue weighted by Crippen LogP contribution is 2.45. The third kappa shape index (κ3) is 3.73. The molecular formula is C23H26N2O5. The summed E-state index contributed by atoms with van der Waals surface area (Å²) >= 11 is 0. The maximum Gasteiger partial charge on any atom is 0.260 e. The number of nitrogens with two attached hydrogens (primary N) is 1. The molecule has 2 N–H and O–H groups in total. The normalized spacial score (nSPS) is 17.3. The predicted molar refractivity (Wildman–Crippen MR) is 111 cm³/mol. The summed E-state index contributed by atoms with van der Waals surface area (Å²) in [5.41, 5.74) is 7.59.